The first-order valence-corrected chi connectivity index (χ1v) is 10.3. The average Bonchev–Trinajstić information content (AvgIpc) is 3.15. The Morgan fingerprint density at radius 2 is 2.04 bits per heavy atom. The van der Waals surface area contributed by atoms with Crippen molar-refractivity contribution in [2.75, 3.05) is 6.54 Å². The van der Waals surface area contributed by atoms with Crippen LogP contribution in [0.1, 0.15) is 31.3 Å². The van der Waals surface area contributed by atoms with Gasteiger partial charge in [0.2, 0.25) is 0 Å². The van der Waals surface area contributed by atoms with E-state index in [4.69, 9.17) is 0 Å². The lowest BCUT2D eigenvalue weighted by Crippen LogP contribution is -3.09. The van der Waals surface area contributed by atoms with Crippen LogP contribution in [-0.4, -0.2) is 25.9 Å². The molecule has 144 valence electrons. The van der Waals surface area contributed by atoms with Crippen molar-refractivity contribution in [1.29, 1.82) is 0 Å². The molecule has 4 rings (SSSR count). The first kappa shape index (κ1) is 18.5. The van der Waals surface area contributed by atoms with Crippen molar-refractivity contribution in [3.63, 3.8) is 0 Å². The molecule has 3 aromatic heterocycles. The summed E-state index contributed by atoms with van der Waals surface area (Å²) >= 11 is 1.45. The molecule has 0 aliphatic rings. The van der Waals surface area contributed by atoms with Crippen LogP contribution in [0.5, 0.6) is 0 Å². The molecular formula is C20H22N5O2S+. The van der Waals surface area contributed by atoms with Crippen LogP contribution in [0.25, 0.3) is 15.9 Å². The van der Waals surface area contributed by atoms with E-state index in [1.54, 1.807) is 22.7 Å². The van der Waals surface area contributed by atoms with Crippen LogP contribution >= 0.6 is 11.3 Å². The van der Waals surface area contributed by atoms with Gasteiger partial charge in [-0.1, -0.05) is 25.5 Å². The van der Waals surface area contributed by atoms with E-state index in [-0.39, 0.29) is 11.1 Å². The minimum atomic E-state index is -0.119. The molecule has 0 saturated heterocycles. The molecule has 0 fully saturated rings. The Labute approximate surface area is 165 Å². The van der Waals surface area contributed by atoms with Crippen LogP contribution in [0.2, 0.25) is 0 Å². The van der Waals surface area contributed by atoms with Crippen molar-refractivity contribution in [3.8, 4) is 0 Å². The van der Waals surface area contributed by atoms with Crippen LogP contribution in [0, 0.1) is 0 Å². The van der Waals surface area contributed by atoms with E-state index in [9.17, 15) is 9.59 Å². The zero-order valence-corrected chi connectivity index (χ0v) is 16.5. The Kier molecular flexibility index (Phi) is 5.31. The number of nitrogens with zero attached hydrogens (tertiary/aromatic N) is 3. The van der Waals surface area contributed by atoms with Gasteiger partial charge in [0.1, 0.15) is 18.8 Å². The summed E-state index contributed by atoms with van der Waals surface area (Å²) in [4.78, 5) is 38.7. The van der Waals surface area contributed by atoms with E-state index in [2.05, 4.69) is 21.9 Å². The molecule has 2 N–H and O–H groups in total. The lowest BCUT2D eigenvalue weighted by atomic mass is 10.2. The Hall–Kier alpha value is -2.84. The summed E-state index contributed by atoms with van der Waals surface area (Å²) in [5.74, 6) is 0.656. The quantitative estimate of drug-likeness (QED) is 0.494. The smallest absolute Gasteiger partial charge is 0.258 e. The van der Waals surface area contributed by atoms with Crippen LogP contribution in [0.4, 0.5) is 0 Å². The molecular weight excluding hydrogens is 374 g/mol. The molecule has 1 unspecified atom stereocenters. The van der Waals surface area contributed by atoms with E-state index >= 15 is 0 Å². The molecule has 0 saturated carbocycles. The van der Waals surface area contributed by atoms with Crippen molar-refractivity contribution in [3.05, 3.63) is 74.1 Å². The van der Waals surface area contributed by atoms with Gasteiger partial charge in [-0.05, 0) is 18.6 Å². The summed E-state index contributed by atoms with van der Waals surface area (Å²) in [6, 6.07) is 8.95. The number of aromatic amines is 1. The largest absolute Gasteiger partial charge is 0.324 e. The standard InChI is InChI=1S/C20H21N5O2S/c1-2-3-8-24(12-14-11-18(26)25-9-10-28-20(25)21-14)13-17-22-16-7-5-4-6-15(16)19(27)23-17/h4-7,9-11H,2-3,8,12-13H2,1H3,(H,22,23,27)/p+1. The highest BCUT2D eigenvalue weighted by Crippen LogP contribution is 2.07. The number of hydrogen-bond donors (Lipinski definition) is 2. The van der Waals surface area contributed by atoms with E-state index in [0.29, 0.717) is 34.8 Å². The summed E-state index contributed by atoms with van der Waals surface area (Å²) in [5, 5.41) is 2.46. The number of unbranched alkanes of at least 4 members (excludes halogenated alkanes) is 1. The molecule has 0 amide bonds. The van der Waals surface area contributed by atoms with Gasteiger partial charge < -0.3 is 9.88 Å². The second kappa shape index (κ2) is 8.04. The van der Waals surface area contributed by atoms with Crippen molar-refractivity contribution >= 4 is 27.2 Å². The number of nitrogens with one attached hydrogen (secondary N) is 2. The fourth-order valence-electron chi connectivity index (χ4n) is 3.36. The lowest BCUT2D eigenvalue weighted by Gasteiger charge is -2.18. The van der Waals surface area contributed by atoms with Crippen molar-refractivity contribution in [2.24, 2.45) is 0 Å². The molecule has 0 aliphatic carbocycles. The Bertz CT molecular complexity index is 1230. The first-order valence-electron chi connectivity index (χ1n) is 9.41. The topological polar surface area (TPSA) is 84.6 Å². The predicted molar refractivity (Wildman–Crippen MR) is 110 cm³/mol. The zero-order valence-electron chi connectivity index (χ0n) is 15.6. The highest BCUT2D eigenvalue weighted by Gasteiger charge is 2.15. The average molecular weight is 396 g/mol. The summed E-state index contributed by atoms with van der Waals surface area (Å²) in [6.45, 7) is 4.25. The number of H-pyrrole nitrogens is 1. The third kappa shape index (κ3) is 3.88. The van der Waals surface area contributed by atoms with Gasteiger partial charge in [-0.25, -0.2) is 9.97 Å². The zero-order chi connectivity index (χ0) is 19.5. The fourth-order valence-corrected chi connectivity index (χ4v) is 4.09. The molecule has 0 spiro atoms. The molecule has 8 heteroatoms. The van der Waals surface area contributed by atoms with E-state index < -0.39 is 0 Å². The number of thiazole rings is 1. The van der Waals surface area contributed by atoms with E-state index in [1.165, 1.54) is 16.2 Å². The highest BCUT2D eigenvalue weighted by molar-refractivity contribution is 7.15. The summed E-state index contributed by atoms with van der Waals surface area (Å²) in [6.07, 6.45) is 3.86. The van der Waals surface area contributed by atoms with Crippen molar-refractivity contribution < 1.29 is 4.90 Å². The van der Waals surface area contributed by atoms with Gasteiger partial charge in [-0.2, -0.15) is 0 Å². The maximum atomic E-state index is 12.4. The third-order valence-corrected chi connectivity index (χ3v) is 5.51. The number of quaternary nitrogens is 1. The minimum absolute atomic E-state index is 0.0617. The molecule has 0 radical (unpaired) electrons. The second-order valence-corrected chi connectivity index (χ2v) is 7.75. The van der Waals surface area contributed by atoms with E-state index in [1.807, 2.05) is 23.6 Å². The number of fused-ring (bicyclic) bond motifs is 2. The molecule has 4 aromatic rings. The van der Waals surface area contributed by atoms with E-state index in [0.717, 1.165) is 25.1 Å². The number of aromatic nitrogens is 4. The SMILES string of the molecule is CCCC[NH+](Cc1cc(=O)n2ccsc2n1)Cc1nc2ccccc2c(=O)[nH]1. The van der Waals surface area contributed by atoms with Crippen LogP contribution in [-0.2, 0) is 13.1 Å². The molecule has 0 bridgehead atoms. The van der Waals surface area contributed by atoms with Gasteiger partial charge in [-0.3, -0.25) is 14.0 Å². The van der Waals surface area contributed by atoms with Crippen LogP contribution in [0.15, 0.2) is 51.5 Å². The Morgan fingerprint density at radius 3 is 2.89 bits per heavy atom. The van der Waals surface area contributed by atoms with Crippen molar-refractivity contribution in [1.82, 2.24) is 19.4 Å². The normalized spacial score (nSPS) is 12.6. The lowest BCUT2D eigenvalue weighted by molar-refractivity contribution is -0.928. The maximum absolute atomic E-state index is 12.4. The summed E-state index contributed by atoms with van der Waals surface area (Å²) in [5.41, 5.74) is 1.29. The van der Waals surface area contributed by atoms with Gasteiger partial charge in [0, 0.05) is 17.6 Å². The summed E-state index contributed by atoms with van der Waals surface area (Å²) < 4.78 is 1.56. The summed E-state index contributed by atoms with van der Waals surface area (Å²) in [7, 11) is 0. The van der Waals surface area contributed by atoms with Gasteiger partial charge in [0.15, 0.2) is 10.8 Å². The number of hydrogen-bond acceptors (Lipinski definition) is 5. The highest BCUT2D eigenvalue weighted by atomic mass is 32.1. The third-order valence-electron chi connectivity index (χ3n) is 4.75. The van der Waals surface area contributed by atoms with Gasteiger partial charge in [-0.15, -0.1) is 11.3 Å². The van der Waals surface area contributed by atoms with Gasteiger partial charge in [0.05, 0.1) is 17.4 Å². The molecule has 3 heterocycles. The monoisotopic (exact) mass is 396 g/mol. The number of para-hydroxylation sites is 1. The predicted octanol–water partition coefficient (Wildman–Crippen LogP) is 1.38. The molecule has 1 atom stereocenters. The van der Waals surface area contributed by atoms with Gasteiger partial charge in [0.25, 0.3) is 11.1 Å². The Balaban J connectivity index is 1.62. The second-order valence-electron chi connectivity index (χ2n) is 6.88. The fraction of sp³-hybridized carbons (Fsp3) is 0.300. The van der Waals surface area contributed by atoms with Crippen LogP contribution in [0.3, 0.4) is 0 Å². The number of benzene rings is 1. The molecule has 0 aliphatic heterocycles. The number of rotatable bonds is 7. The molecule has 1 aromatic carbocycles. The minimum Gasteiger partial charge on any atom is -0.324 e. The molecule has 7 nitrogen and oxygen atoms in total. The first-order chi connectivity index (χ1) is 13.6. The molecule has 28 heavy (non-hydrogen) atoms. The van der Waals surface area contributed by atoms with Crippen molar-refractivity contribution in [2.45, 2.75) is 32.9 Å². The maximum Gasteiger partial charge on any atom is 0.258 e. The van der Waals surface area contributed by atoms with Gasteiger partial charge >= 0.3 is 0 Å². The Morgan fingerprint density at radius 1 is 1.18 bits per heavy atom. The van der Waals surface area contributed by atoms with Crippen LogP contribution < -0.4 is 16.0 Å².